The predicted octanol–water partition coefficient (Wildman–Crippen LogP) is 2.41. The van der Waals surface area contributed by atoms with Crippen molar-refractivity contribution in [1.29, 1.82) is 0 Å². The van der Waals surface area contributed by atoms with Crippen LogP contribution >= 0.6 is 0 Å². The molecule has 1 fully saturated rings. The Morgan fingerprint density at radius 1 is 1.14 bits per heavy atom. The number of fused-ring (bicyclic) bond motifs is 1. The first kappa shape index (κ1) is 14.1. The summed E-state index contributed by atoms with van der Waals surface area (Å²) in [5.74, 6) is 1.52. The molecule has 5 heteroatoms. The van der Waals surface area contributed by atoms with Crippen molar-refractivity contribution in [1.82, 2.24) is 15.3 Å². The summed E-state index contributed by atoms with van der Waals surface area (Å²) in [6.07, 6.45) is 2.40. The van der Waals surface area contributed by atoms with Crippen molar-refractivity contribution in [3.63, 3.8) is 0 Å². The van der Waals surface area contributed by atoms with Gasteiger partial charge in [0.2, 0.25) is 0 Å². The van der Waals surface area contributed by atoms with E-state index in [1.165, 1.54) is 12.8 Å². The van der Waals surface area contributed by atoms with Gasteiger partial charge in [0.25, 0.3) is 11.8 Å². The van der Waals surface area contributed by atoms with E-state index in [1.807, 2.05) is 31.2 Å². The predicted molar refractivity (Wildman–Crippen MR) is 81.8 cm³/mol. The Hall–Kier alpha value is -1.88. The van der Waals surface area contributed by atoms with Gasteiger partial charge in [-0.2, -0.15) is 0 Å². The molecular formula is C16H21N3O2. The highest BCUT2D eigenvalue weighted by Crippen LogP contribution is 2.26. The molecule has 112 valence electrons. The average molecular weight is 287 g/mol. The smallest absolute Gasteiger partial charge is 0.278 e. The topological polar surface area (TPSA) is 56.3 Å². The molecule has 5 nitrogen and oxygen atoms in total. The van der Waals surface area contributed by atoms with Crippen LogP contribution in [-0.4, -0.2) is 36.3 Å². The van der Waals surface area contributed by atoms with Gasteiger partial charge in [-0.05, 0) is 38.4 Å². The highest BCUT2D eigenvalue weighted by atomic mass is 16.5. The molecule has 0 saturated carbocycles. The number of ether oxygens (including phenoxy) is 2. The molecule has 0 bridgehead atoms. The summed E-state index contributed by atoms with van der Waals surface area (Å²) < 4.78 is 11.5. The largest absolute Gasteiger partial charge is 0.474 e. The van der Waals surface area contributed by atoms with Gasteiger partial charge >= 0.3 is 0 Å². The van der Waals surface area contributed by atoms with E-state index in [4.69, 9.17) is 9.47 Å². The Bertz CT molecular complexity index is 597. The van der Waals surface area contributed by atoms with E-state index in [0.29, 0.717) is 30.9 Å². The van der Waals surface area contributed by atoms with Crippen molar-refractivity contribution in [3.05, 3.63) is 24.3 Å². The fourth-order valence-corrected chi connectivity index (χ4v) is 2.56. The Balaban J connectivity index is 1.79. The summed E-state index contributed by atoms with van der Waals surface area (Å²) in [6.45, 7) is 5.25. The molecule has 1 atom stereocenters. The molecule has 2 heterocycles. The zero-order chi connectivity index (χ0) is 14.5. The summed E-state index contributed by atoms with van der Waals surface area (Å²) in [4.78, 5) is 9.05. The van der Waals surface area contributed by atoms with Crippen LogP contribution in [-0.2, 0) is 0 Å². The molecule has 1 unspecified atom stereocenters. The second kappa shape index (κ2) is 6.72. The van der Waals surface area contributed by atoms with Gasteiger partial charge in [-0.25, -0.2) is 9.97 Å². The monoisotopic (exact) mass is 287 g/mol. The van der Waals surface area contributed by atoms with Gasteiger partial charge < -0.3 is 14.8 Å². The minimum Gasteiger partial charge on any atom is -0.474 e. The van der Waals surface area contributed by atoms with Gasteiger partial charge in [-0.15, -0.1) is 0 Å². The number of aromatic nitrogens is 2. The van der Waals surface area contributed by atoms with Gasteiger partial charge in [-0.3, -0.25) is 0 Å². The summed E-state index contributed by atoms with van der Waals surface area (Å²) in [5.41, 5.74) is 1.66. The van der Waals surface area contributed by atoms with Gasteiger partial charge in [-0.1, -0.05) is 12.1 Å². The normalized spacial score (nSPS) is 18.6. The molecule has 1 aromatic heterocycles. The van der Waals surface area contributed by atoms with Crippen molar-refractivity contribution < 1.29 is 9.47 Å². The lowest BCUT2D eigenvalue weighted by molar-refractivity contribution is 0.199. The lowest BCUT2D eigenvalue weighted by atomic mass is 10.0. The average Bonchev–Trinajstić information content (AvgIpc) is 2.54. The highest BCUT2D eigenvalue weighted by molar-refractivity contribution is 5.75. The van der Waals surface area contributed by atoms with Gasteiger partial charge in [0.15, 0.2) is 0 Å². The number of hydrogen-bond donors (Lipinski definition) is 1. The highest BCUT2D eigenvalue weighted by Gasteiger charge is 2.17. The van der Waals surface area contributed by atoms with E-state index in [9.17, 15) is 0 Å². The number of benzene rings is 1. The van der Waals surface area contributed by atoms with Crippen LogP contribution in [0.15, 0.2) is 24.3 Å². The van der Waals surface area contributed by atoms with Crippen LogP contribution in [0.3, 0.4) is 0 Å². The van der Waals surface area contributed by atoms with Crippen LogP contribution in [0.2, 0.25) is 0 Å². The van der Waals surface area contributed by atoms with E-state index in [1.54, 1.807) is 0 Å². The first-order chi connectivity index (χ1) is 10.4. The number of hydrogen-bond acceptors (Lipinski definition) is 5. The third-order valence-corrected chi connectivity index (χ3v) is 3.64. The van der Waals surface area contributed by atoms with Crippen LogP contribution < -0.4 is 14.8 Å². The van der Waals surface area contributed by atoms with Crippen molar-refractivity contribution in [2.45, 2.75) is 19.8 Å². The Kier molecular flexibility index (Phi) is 4.50. The summed E-state index contributed by atoms with van der Waals surface area (Å²) in [7, 11) is 0. The molecule has 0 amide bonds. The molecule has 2 aromatic rings. The van der Waals surface area contributed by atoms with Crippen molar-refractivity contribution in [2.24, 2.45) is 5.92 Å². The van der Waals surface area contributed by atoms with Crippen molar-refractivity contribution in [3.8, 4) is 11.8 Å². The number of para-hydroxylation sites is 2. The van der Waals surface area contributed by atoms with E-state index in [2.05, 4.69) is 15.3 Å². The lowest BCUT2D eigenvalue weighted by Gasteiger charge is -2.22. The minimum atomic E-state index is 0.486. The van der Waals surface area contributed by atoms with Gasteiger partial charge in [0.1, 0.15) is 0 Å². The second-order valence-corrected chi connectivity index (χ2v) is 5.28. The van der Waals surface area contributed by atoms with Crippen LogP contribution in [0.25, 0.3) is 11.0 Å². The van der Waals surface area contributed by atoms with E-state index < -0.39 is 0 Å². The number of piperidine rings is 1. The third kappa shape index (κ3) is 3.42. The van der Waals surface area contributed by atoms with E-state index >= 15 is 0 Å². The molecule has 21 heavy (non-hydrogen) atoms. The number of nitrogens with one attached hydrogen (secondary N) is 1. The van der Waals surface area contributed by atoms with E-state index in [-0.39, 0.29) is 0 Å². The Labute approximate surface area is 124 Å². The molecule has 3 rings (SSSR count). The summed E-state index contributed by atoms with van der Waals surface area (Å²) in [5, 5.41) is 3.39. The Morgan fingerprint density at radius 3 is 2.48 bits per heavy atom. The number of rotatable bonds is 5. The first-order valence-electron chi connectivity index (χ1n) is 7.60. The van der Waals surface area contributed by atoms with Crippen molar-refractivity contribution >= 4 is 11.0 Å². The lowest BCUT2D eigenvalue weighted by Crippen LogP contribution is -2.33. The fourth-order valence-electron chi connectivity index (χ4n) is 2.56. The molecule has 1 aromatic carbocycles. The maximum atomic E-state index is 5.90. The third-order valence-electron chi connectivity index (χ3n) is 3.64. The van der Waals surface area contributed by atoms with E-state index in [0.717, 1.165) is 24.1 Å². The number of nitrogens with zero attached hydrogens (tertiary/aromatic N) is 2. The van der Waals surface area contributed by atoms with Crippen LogP contribution in [0.4, 0.5) is 0 Å². The minimum absolute atomic E-state index is 0.486. The molecule has 0 radical (unpaired) electrons. The second-order valence-electron chi connectivity index (χ2n) is 5.28. The summed E-state index contributed by atoms with van der Waals surface area (Å²) >= 11 is 0. The fraction of sp³-hybridized carbons (Fsp3) is 0.500. The van der Waals surface area contributed by atoms with Gasteiger partial charge in [0, 0.05) is 12.5 Å². The van der Waals surface area contributed by atoms with Gasteiger partial charge in [0.05, 0.1) is 24.2 Å². The van der Waals surface area contributed by atoms with Crippen molar-refractivity contribution in [2.75, 3.05) is 26.3 Å². The quantitative estimate of drug-likeness (QED) is 0.915. The van der Waals surface area contributed by atoms with Crippen LogP contribution in [0.5, 0.6) is 11.8 Å². The zero-order valence-corrected chi connectivity index (χ0v) is 12.3. The van der Waals surface area contributed by atoms with Crippen LogP contribution in [0, 0.1) is 5.92 Å². The SMILES string of the molecule is CCOc1nc2ccccc2nc1OCC1CCCNC1. The van der Waals surface area contributed by atoms with Crippen LogP contribution in [0.1, 0.15) is 19.8 Å². The molecule has 0 aliphatic carbocycles. The zero-order valence-electron chi connectivity index (χ0n) is 12.3. The Morgan fingerprint density at radius 2 is 1.86 bits per heavy atom. The molecule has 1 aliphatic heterocycles. The first-order valence-corrected chi connectivity index (χ1v) is 7.60. The maximum Gasteiger partial charge on any atom is 0.278 e. The maximum absolute atomic E-state index is 5.90. The molecule has 1 aliphatic rings. The standard InChI is InChI=1S/C16H21N3O2/c1-2-20-15-16(21-11-12-6-5-9-17-10-12)19-14-8-4-3-7-13(14)18-15/h3-4,7-8,12,17H,2,5-6,9-11H2,1H3. The molecule has 1 N–H and O–H groups in total. The molecular weight excluding hydrogens is 266 g/mol. The molecule has 0 spiro atoms. The summed E-state index contributed by atoms with van der Waals surface area (Å²) in [6, 6.07) is 7.76. The molecule has 1 saturated heterocycles.